The predicted octanol–water partition coefficient (Wildman–Crippen LogP) is 2.46. The van der Waals surface area contributed by atoms with Gasteiger partial charge in [0.15, 0.2) is 0 Å². The van der Waals surface area contributed by atoms with E-state index in [2.05, 4.69) is 0 Å². The summed E-state index contributed by atoms with van der Waals surface area (Å²) in [6.45, 7) is 4.76. The Morgan fingerprint density at radius 1 is 1.33 bits per heavy atom. The van der Waals surface area contributed by atoms with Crippen molar-refractivity contribution in [3.05, 3.63) is 23.8 Å². The van der Waals surface area contributed by atoms with Gasteiger partial charge in [-0.3, -0.25) is 4.79 Å². The van der Waals surface area contributed by atoms with Crippen LogP contribution in [-0.4, -0.2) is 24.9 Å². The molecule has 0 spiro atoms. The maximum atomic E-state index is 11.2. The first-order valence-corrected chi connectivity index (χ1v) is 7.07. The third kappa shape index (κ3) is 4.87. The molecule has 0 saturated heterocycles. The van der Waals surface area contributed by atoms with Crippen molar-refractivity contribution in [1.82, 2.24) is 0 Å². The monoisotopic (exact) mass is 269 g/mol. The van der Waals surface area contributed by atoms with E-state index in [9.17, 15) is 4.79 Å². The molecule has 0 aliphatic rings. The summed E-state index contributed by atoms with van der Waals surface area (Å²) >= 11 is 1.49. The molecule has 0 aliphatic heterocycles. The van der Waals surface area contributed by atoms with Gasteiger partial charge in [-0.2, -0.15) is 0 Å². The highest BCUT2D eigenvalue weighted by molar-refractivity contribution is 7.99. The number of rotatable bonds is 7. The normalized spacial score (nSPS) is 10.1. The Balaban J connectivity index is 2.54. The van der Waals surface area contributed by atoms with Crippen LogP contribution in [0.1, 0.15) is 19.4 Å². The molecule has 1 rings (SSSR count). The summed E-state index contributed by atoms with van der Waals surface area (Å²) in [5.41, 5.74) is 7.45. The van der Waals surface area contributed by atoms with Crippen LogP contribution >= 0.6 is 11.8 Å². The second-order valence-corrected chi connectivity index (χ2v) is 4.58. The van der Waals surface area contributed by atoms with Crippen molar-refractivity contribution in [3.63, 3.8) is 0 Å². The smallest absolute Gasteiger partial charge is 0.315 e. The molecule has 0 bridgehead atoms. The molecule has 2 N–H and O–H groups in total. The molecule has 0 atom stereocenters. The zero-order valence-electron chi connectivity index (χ0n) is 10.8. The third-order valence-electron chi connectivity index (χ3n) is 2.17. The zero-order chi connectivity index (χ0) is 13.4. The number of anilines is 1. The van der Waals surface area contributed by atoms with Gasteiger partial charge in [0.2, 0.25) is 0 Å². The lowest BCUT2D eigenvalue weighted by molar-refractivity contribution is -0.139. The SMILES string of the molecule is CCOC(=O)CSCc1cc(N)ccc1OCC. The topological polar surface area (TPSA) is 61.5 Å². The van der Waals surface area contributed by atoms with E-state index in [1.54, 1.807) is 6.92 Å². The highest BCUT2D eigenvalue weighted by atomic mass is 32.2. The number of thioether (sulfide) groups is 1. The van der Waals surface area contributed by atoms with Gasteiger partial charge in [-0.15, -0.1) is 11.8 Å². The molecule has 1 aromatic rings. The van der Waals surface area contributed by atoms with E-state index < -0.39 is 0 Å². The van der Waals surface area contributed by atoms with Gasteiger partial charge < -0.3 is 15.2 Å². The number of ether oxygens (including phenoxy) is 2. The minimum absolute atomic E-state index is 0.190. The number of carbonyl (C=O) groups excluding carboxylic acids is 1. The fraction of sp³-hybridized carbons (Fsp3) is 0.462. The summed E-state index contributed by atoms with van der Waals surface area (Å²) in [7, 11) is 0. The fourth-order valence-corrected chi connectivity index (χ4v) is 2.25. The van der Waals surface area contributed by atoms with Crippen LogP contribution in [0.25, 0.3) is 0 Å². The van der Waals surface area contributed by atoms with E-state index in [4.69, 9.17) is 15.2 Å². The second-order valence-electron chi connectivity index (χ2n) is 3.60. The zero-order valence-corrected chi connectivity index (χ0v) is 11.6. The van der Waals surface area contributed by atoms with Crippen molar-refractivity contribution in [2.45, 2.75) is 19.6 Å². The number of nitrogen functional groups attached to an aromatic ring is 1. The van der Waals surface area contributed by atoms with Gasteiger partial charge in [0, 0.05) is 17.0 Å². The maximum Gasteiger partial charge on any atom is 0.315 e. The van der Waals surface area contributed by atoms with Crippen LogP contribution in [0.2, 0.25) is 0 Å². The summed E-state index contributed by atoms with van der Waals surface area (Å²) in [5.74, 6) is 1.65. The number of hydrogen-bond donors (Lipinski definition) is 1. The molecule has 0 amide bonds. The maximum absolute atomic E-state index is 11.2. The van der Waals surface area contributed by atoms with Gasteiger partial charge in [0.25, 0.3) is 0 Å². The Morgan fingerprint density at radius 2 is 2.11 bits per heavy atom. The average molecular weight is 269 g/mol. The quantitative estimate of drug-likeness (QED) is 0.608. The van der Waals surface area contributed by atoms with Gasteiger partial charge in [-0.1, -0.05) is 0 Å². The van der Waals surface area contributed by atoms with Gasteiger partial charge in [-0.05, 0) is 32.0 Å². The third-order valence-corrected chi connectivity index (χ3v) is 3.12. The van der Waals surface area contributed by atoms with E-state index in [-0.39, 0.29) is 5.97 Å². The number of hydrogen-bond acceptors (Lipinski definition) is 5. The second kappa shape index (κ2) is 7.87. The van der Waals surface area contributed by atoms with E-state index in [1.807, 2.05) is 25.1 Å². The molecule has 0 saturated carbocycles. The molecule has 1 aromatic carbocycles. The van der Waals surface area contributed by atoms with E-state index in [1.165, 1.54) is 11.8 Å². The molecule has 5 heteroatoms. The molecular formula is C13H19NO3S. The lowest BCUT2D eigenvalue weighted by Crippen LogP contribution is -2.07. The molecule has 0 radical (unpaired) electrons. The van der Waals surface area contributed by atoms with Crippen LogP contribution < -0.4 is 10.5 Å². The Bertz CT molecular complexity index is 396. The lowest BCUT2D eigenvalue weighted by Gasteiger charge is -2.10. The molecule has 0 unspecified atom stereocenters. The standard InChI is InChI=1S/C13H19NO3S/c1-3-16-12-6-5-11(14)7-10(12)8-18-9-13(15)17-4-2/h5-7H,3-4,8-9,14H2,1-2H3. The summed E-state index contributed by atoms with van der Waals surface area (Å²) < 4.78 is 10.4. The van der Waals surface area contributed by atoms with E-state index in [0.717, 1.165) is 11.3 Å². The van der Waals surface area contributed by atoms with Gasteiger partial charge in [-0.25, -0.2) is 0 Å². The summed E-state index contributed by atoms with van der Waals surface area (Å²) in [4.78, 5) is 11.2. The first-order valence-electron chi connectivity index (χ1n) is 5.92. The molecule has 18 heavy (non-hydrogen) atoms. The Kier molecular flexibility index (Phi) is 6.43. The summed E-state index contributed by atoms with van der Waals surface area (Å²) in [6, 6.07) is 5.55. The minimum Gasteiger partial charge on any atom is -0.494 e. The summed E-state index contributed by atoms with van der Waals surface area (Å²) in [5, 5.41) is 0. The van der Waals surface area contributed by atoms with Gasteiger partial charge in [0.05, 0.1) is 19.0 Å². The molecular weight excluding hydrogens is 250 g/mol. The summed E-state index contributed by atoms with van der Waals surface area (Å²) in [6.07, 6.45) is 0. The Labute approximate surface area is 112 Å². The van der Waals surface area contributed by atoms with Crippen LogP contribution in [-0.2, 0) is 15.3 Å². The van der Waals surface area contributed by atoms with E-state index >= 15 is 0 Å². The van der Waals surface area contributed by atoms with Crippen molar-refractivity contribution < 1.29 is 14.3 Å². The number of carbonyl (C=O) groups is 1. The van der Waals surface area contributed by atoms with Crippen molar-refractivity contribution in [2.75, 3.05) is 24.7 Å². The number of esters is 1. The van der Waals surface area contributed by atoms with Crippen LogP contribution in [0.15, 0.2) is 18.2 Å². The van der Waals surface area contributed by atoms with Crippen molar-refractivity contribution in [1.29, 1.82) is 0 Å². The van der Waals surface area contributed by atoms with Crippen molar-refractivity contribution >= 4 is 23.4 Å². The number of nitrogens with two attached hydrogens (primary N) is 1. The molecule has 0 aromatic heterocycles. The van der Waals surface area contributed by atoms with E-state index in [0.29, 0.717) is 30.4 Å². The van der Waals surface area contributed by atoms with Crippen molar-refractivity contribution in [3.8, 4) is 5.75 Å². The largest absolute Gasteiger partial charge is 0.494 e. The first kappa shape index (κ1) is 14.7. The van der Waals surface area contributed by atoms with Gasteiger partial charge >= 0.3 is 5.97 Å². The molecule has 0 fully saturated rings. The van der Waals surface area contributed by atoms with Crippen molar-refractivity contribution in [2.24, 2.45) is 0 Å². The predicted molar refractivity (Wildman–Crippen MR) is 74.8 cm³/mol. The van der Waals surface area contributed by atoms with Crippen LogP contribution in [0.5, 0.6) is 5.75 Å². The highest BCUT2D eigenvalue weighted by Gasteiger charge is 2.07. The molecule has 0 aliphatic carbocycles. The Morgan fingerprint density at radius 3 is 2.78 bits per heavy atom. The van der Waals surface area contributed by atoms with Crippen LogP contribution in [0, 0.1) is 0 Å². The van der Waals surface area contributed by atoms with Crippen LogP contribution in [0.4, 0.5) is 5.69 Å². The molecule has 0 heterocycles. The fourth-order valence-electron chi connectivity index (χ4n) is 1.46. The number of benzene rings is 1. The van der Waals surface area contributed by atoms with Crippen LogP contribution in [0.3, 0.4) is 0 Å². The van der Waals surface area contributed by atoms with Gasteiger partial charge in [0.1, 0.15) is 5.75 Å². The molecule has 100 valence electrons. The average Bonchev–Trinajstić information content (AvgIpc) is 2.33. The first-order chi connectivity index (χ1) is 8.67. The highest BCUT2D eigenvalue weighted by Crippen LogP contribution is 2.25. The Hall–Kier alpha value is -1.36. The lowest BCUT2D eigenvalue weighted by atomic mass is 10.2. The molecule has 4 nitrogen and oxygen atoms in total. The minimum atomic E-state index is -0.190.